The Bertz CT molecular complexity index is 6160. The van der Waals surface area contributed by atoms with Crippen molar-refractivity contribution in [2.24, 2.45) is 0 Å². The molecule has 35 heteroatoms. The number of nitrogen functional groups attached to an aromatic ring is 1. The van der Waals surface area contributed by atoms with Crippen LogP contribution in [0.15, 0.2) is 138 Å². The molecule has 4 amide bonds. The van der Waals surface area contributed by atoms with Crippen LogP contribution in [0.4, 0.5) is 22.7 Å². The summed E-state index contributed by atoms with van der Waals surface area (Å²) >= 11 is 4.87. The molecule has 131 heavy (non-hydrogen) atoms. The maximum absolute atomic E-state index is 13.8. The van der Waals surface area contributed by atoms with Crippen molar-refractivity contribution < 1.29 is 50.6 Å². The summed E-state index contributed by atoms with van der Waals surface area (Å²) in [4.78, 5) is 101. The van der Waals surface area contributed by atoms with Gasteiger partial charge in [0.15, 0.2) is 46.0 Å². The molecule has 12 heterocycles. The fraction of sp³-hybridized carbons (Fsp3) is 0.375. The topological polar surface area (TPSA) is 313 Å². The number of aromatic nitrogens is 16. The first-order valence-corrected chi connectivity index (χ1v) is 46.7. The molecule has 0 bridgehead atoms. The van der Waals surface area contributed by atoms with E-state index in [-0.39, 0.29) is 73.1 Å². The van der Waals surface area contributed by atoms with Crippen LogP contribution in [0, 0.1) is 57.9 Å². The highest BCUT2D eigenvalue weighted by molar-refractivity contribution is 7.15. The van der Waals surface area contributed by atoms with Gasteiger partial charge in [0, 0.05) is 132 Å². The molecule has 2 fully saturated rings. The number of methoxy groups -OCH3 is 2. The highest BCUT2D eigenvalue weighted by atomic mass is 32.1. The first kappa shape index (κ1) is 89.9. The monoisotopic (exact) mass is 1830 g/mol. The number of thiazole rings is 3. The number of rotatable bonds is 18. The van der Waals surface area contributed by atoms with Gasteiger partial charge in [-0.05, 0) is 198 Å². The van der Waals surface area contributed by atoms with Gasteiger partial charge in [-0.25, -0.2) is 76.2 Å². The van der Waals surface area contributed by atoms with Crippen molar-refractivity contribution in [1.82, 2.24) is 98.6 Å². The van der Waals surface area contributed by atoms with Gasteiger partial charge in [0.2, 0.25) is 23.6 Å². The van der Waals surface area contributed by atoms with Crippen LogP contribution >= 0.6 is 34.0 Å². The Kier molecular flexibility index (Phi) is 27.6. The molecule has 0 spiro atoms. The number of oxazole rings is 1. The van der Waals surface area contributed by atoms with Crippen molar-refractivity contribution in [3.8, 4) is 79.8 Å². The summed E-state index contributed by atoms with van der Waals surface area (Å²) in [6.07, 6.45) is 15.1. The van der Waals surface area contributed by atoms with Crippen LogP contribution in [0.3, 0.4) is 0 Å². The number of nitrogens with zero attached hydrogens (tertiary/aromatic N) is 20. The number of carbonyl (C=O) groups excluding carboxylic acids is 4. The van der Waals surface area contributed by atoms with Crippen molar-refractivity contribution in [1.29, 1.82) is 0 Å². The van der Waals surface area contributed by atoms with Crippen LogP contribution in [-0.4, -0.2) is 169 Å². The number of fused-ring (bicyclic) bond motifs is 4. The van der Waals surface area contributed by atoms with Crippen molar-refractivity contribution in [3.05, 3.63) is 239 Å². The normalized spacial score (nSPS) is 15.0. The molecule has 0 unspecified atom stereocenters. The fourth-order valence-corrected chi connectivity index (χ4v) is 20.3. The molecule has 0 radical (unpaired) electrons. The Balaban J connectivity index is 0.000000122. The fourth-order valence-electron chi connectivity index (χ4n) is 17.5. The van der Waals surface area contributed by atoms with Crippen LogP contribution < -0.4 is 15.2 Å². The molecule has 6 aliphatic rings. The second-order valence-electron chi connectivity index (χ2n) is 33.6. The number of anilines is 1. The lowest BCUT2D eigenvalue weighted by Gasteiger charge is -2.26. The minimum Gasteiger partial charge on any atom is -0.497 e. The molecule has 4 aliphatic heterocycles. The maximum Gasteiger partial charge on any atom is 0.245 e. The van der Waals surface area contributed by atoms with E-state index in [0.717, 1.165) is 147 Å². The standard InChI is InChI=1S/C25H24FN5O2S.C24H23FN6O2S.C24H28FN5O2.C23H26FN5OS/c1-16-27-21-11-13-30(14-12-22(21)34-16)23(32)15-31-25(18-5-9-20(33-2)10-6-18)28-24(29-31)17-3-7-19(26)8-4-17;1-33-18-8-4-16(5-9-18)23-28-22(15-2-6-17(25)7-3-15)29-31(23)14-21(32)30-12-10-19-20(11-13-30)34-24(26)27-19;1-15-12-18(8-9-19(15)25)23-27-24(17-6-4-3-5-7-17)30(28-23)14-22(31)29-11-10-20-21(13-29)32-16(2)26-20;1-14-10-17(8-9-18(14)24)22-26-23(16-6-4-3-5-7-16)29(27-22)13-21(30)28-11-19-20(12-28)31-15(2)25-19/h3-10H,11-15H2,1-2H3;2-9H,10-14H2,1H3,(H2,26,27);8-9,12,17H,3-7,10-11,13-14H2,1-2H3;8-10,16H,3-7,11-13H2,1-2H3. The van der Waals surface area contributed by atoms with E-state index in [9.17, 15) is 36.7 Å². The van der Waals surface area contributed by atoms with Crippen LogP contribution in [-0.2, 0) is 97.1 Å². The highest BCUT2D eigenvalue weighted by Crippen LogP contribution is 2.38. The van der Waals surface area contributed by atoms with Gasteiger partial charge in [0.1, 0.15) is 78.4 Å². The molecule has 0 saturated heterocycles. The molecule has 2 aliphatic carbocycles. The number of benzene rings is 6. The Morgan fingerprint density at radius 2 is 0.779 bits per heavy atom. The summed E-state index contributed by atoms with van der Waals surface area (Å²) < 4.78 is 77.3. The number of hydrogen-bond donors (Lipinski definition) is 1. The van der Waals surface area contributed by atoms with E-state index in [0.29, 0.717) is 145 Å². The van der Waals surface area contributed by atoms with Crippen LogP contribution in [0.1, 0.15) is 158 Å². The van der Waals surface area contributed by atoms with Gasteiger partial charge < -0.3 is 39.2 Å². The molecular weight excluding hydrogens is 1730 g/mol. The zero-order chi connectivity index (χ0) is 91.1. The average Bonchev–Trinajstić information content (AvgIpc) is 1.65. The van der Waals surface area contributed by atoms with E-state index >= 15 is 0 Å². The van der Waals surface area contributed by atoms with E-state index in [1.54, 1.807) is 123 Å². The number of ether oxygens (including phenoxy) is 2. The van der Waals surface area contributed by atoms with Gasteiger partial charge in [-0.1, -0.05) is 38.5 Å². The number of nitrogens with two attached hydrogens (primary N) is 1. The second-order valence-corrected chi connectivity index (χ2v) is 37.3. The van der Waals surface area contributed by atoms with E-state index in [1.807, 2.05) is 84.0 Å². The molecular formula is C96H101F4N21O7S3. The number of aryl methyl sites for hydroxylation is 5. The lowest BCUT2D eigenvalue weighted by atomic mass is 9.88. The third-order valence-electron chi connectivity index (χ3n) is 24.5. The van der Waals surface area contributed by atoms with E-state index in [4.69, 9.17) is 44.8 Å². The van der Waals surface area contributed by atoms with Gasteiger partial charge in [0.25, 0.3) is 0 Å². The van der Waals surface area contributed by atoms with Crippen molar-refractivity contribution in [2.75, 3.05) is 52.7 Å². The van der Waals surface area contributed by atoms with Gasteiger partial charge >= 0.3 is 0 Å². The largest absolute Gasteiger partial charge is 0.497 e. The zero-order valence-corrected chi connectivity index (χ0v) is 76.5. The van der Waals surface area contributed by atoms with Gasteiger partial charge in [-0.15, -0.1) is 44.2 Å². The quantitative estimate of drug-likeness (QED) is 0.0780. The SMILES string of the molecule is COc1ccc(-c2nc(-c3ccc(F)cc3)nn2CC(=O)N2CCc3nc(C)sc3CC2)cc1.COc1ccc(-c2nc(-c3ccc(F)cc3)nn2CC(=O)N2CCc3nc(N)sc3CC2)cc1.Cc1nc2c(o1)CN(C(=O)Cn1nc(-c3ccc(F)c(C)c3)nc1C1CCCCC1)CC2.Cc1nc2c(s1)CN(C(=O)Cn1nc(-c3ccc(F)c(C)c3)nc1C1CCCCC1)C2. The van der Waals surface area contributed by atoms with E-state index in [1.165, 1.54) is 83.2 Å². The molecule has 6 aromatic carbocycles. The first-order valence-electron chi connectivity index (χ1n) is 44.3. The third kappa shape index (κ3) is 21.2. The predicted molar refractivity (Wildman–Crippen MR) is 490 cm³/mol. The molecule has 678 valence electrons. The number of halogens is 4. The molecule has 2 N–H and O–H groups in total. The summed E-state index contributed by atoms with van der Waals surface area (Å²) in [7, 11) is 3.22. The molecule has 28 nitrogen and oxygen atoms in total. The Labute approximate surface area is 767 Å². The summed E-state index contributed by atoms with van der Waals surface area (Å²) in [5.74, 6) is 7.14. The molecule has 20 rings (SSSR count). The smallest absolute Gasteiger partial charge is 0.245 e. The Morgan fingerprint density at radius 3 is 1.25 bits per heavy atom. The number of amides is 4. The summed E-state index contributed by atoms with van der Waals surface area (Å²) in [5.41, 5.74) is 15.5. The molecule has 8 aromatic heterocycles. The lowest BCUT2D eigenvalue weighted by molar-refractivity contribution is -0.133. The van der Waals surface area contributed by atoms with Gasteiger partial charge in [-0.2, -0.15) is 10.2 Å². The molecule has 2 saturated carbocycles. The summed E-state index contributed by atoms with van der Waals surface area (Å²) in [6, 6.07) is 36.7. The lowest BCUT2D eigenvalue weighted by Crippen LogP contribution is -2.38. The minimum absolute atomic E-state index is 0.00602. The summed E-state index contributed by atoms with van der Waals surface area (Å²) in [6.45, 7) is 14.5. The van der Waals surface area contributed by atoms with E-state index in [2.05, 4.69) is 35.1 Å². The third-order valence-corrected chi connectivity index (χ3v) is 27.6. The molecule has 14 aromatic rings. The van der Waals surface area contributed by atoms with Gasteiger partial charge in [-0.3, -0.25) is 19.2 Å². The van der Waals surface area contributed by atoms with Crippen LogP contribution in [0.5, 0.6) is 11.5 Å². The van der Waals surface area contributed by atoms with Gasteiger partial charge in [0.05, 0.1) is 66.6 Å². The Hall–Kier alpha value is -13.0. The average molecular weight is 1830 g/mol. The zero-order valence-electron chi connectivity index (χ0n) is 74.1. The number of carbonyl (C=O) groups is 4. The van der Waals surface area contributed by atoms with Crippen LogP contribution in [0.25, 0.3) is 68.3 Å². The van der Waals surface area contributed by atoms with Crippen molar-refractivity contribution in [2.45, 2.75) is 189 Å². The summed E-state index contributed by atoms with van der Waals surface area (Å²) in [5, 5.41) is 21.3. The minimum atomic E-state index is -0.334. The first-order chi connectivity index (χ1) is 63.4. The molecule has 0 atom stereocenters. The Morgan fingerprint density at radius 1 is 0.389 bits per heavy atom. The van der Waals surface area contributed by atoms with Crippen molar-refractivity contribution >= 4 is 62.8 Å². The highest BCUT2D eigenvalue weighted by Gasteiger charge is 2.34. The van der Waals surface area contributed by atoms with Crippen molar-refractivity contribution in [3.63, 3.8) is 0 Å². The predicted octanol–water partition coefficient (Wildman–Crippen LogP) is 16.6. The van der Waals surface area contributed by atoms with E-state index < -0.39 is 0 Å². The number of hydrogen-bond acceptors (Lipinski definition) is 23. The second kappa shape index (κ2) is 40.1. The van der Waals surface area contributed by atoms with Crippen LogP contribution in [0.2, 0.25) is 0 Å². The maximum atomic E-state index is 13.8.